The summed E-state index contributed by atoms with van der Waals surface area (Å²) in [6.07, 6.45) is 1.08. The number of ether oxygens (including phenoxy) is 1. The van der Waals surface area contributed by atoms with Crippen molar-refractivity contribution in [2.24, 2.45) is 0 Å². The SMILES string of the molecule is CCC(C)c1ccc(OCC(=O)Nc2ccc(N3CCN(C(=O)c4cccs4)CC3)c(Cl)c2)cc1. The van der Waals surface area contributed by atoms with Gasteiger partial charge in [0.2, 0.25) is 0 Å². The highest BCUT2D eigenvalue weighted by atomic mass is 35.5. The fourth-order valence-electron chi connectivity index (χ4n) is 4.02. The van der Waals surface area contributed by atoms with Crippen molar-refractivity contribution in [3.8, 4) is 5.75 Å². The van der Waals surface area contributed by atoms with Crippen molar-refractivity contribution in [2.45, 2.75) is 26.2 Å². The minimum Gasteiger partial charge on any atom is -0.484 e. The van der Waals surface area contributed by atoms with E-state index < -0.39 is 0 Å². The highest BCUT2D eigenvalue weighted by Gasteiger charge is 2.24. The molecule has 0 spiro atoms. The van der Waals surface area contributed by atoms with Gasteiger partial charge in [-0.05, 0) is 59.7 Å². The van der Waals surface area contributed by atoms with Gasteiger partial charge in [-0.3, -0.25) is 9.59 Å². The number of thiophene rings is 1. The smallest absolute Gasteiger partial charge is 0.264 e. The molecule has 4 rings (SSSR count). The van der Waals surface area contributed by atoms with E-state index in [2.05, 4.69) is 24.1 Å². The number of nitrogens with one attached hydrogen (secondary N) is 1. The zero-order chi connectivity index (χ0) is 24.8. The minimum atomic E-state index is -0.250. The Kier molecular flexibility index (Phi) is 8.31. The van der Waals surface area contributed by atoms with E-state index in [1.807, 2.05) is 58.8 Å². The lowest BCUT2D eigenvalue weighted by Gasteiger charge is -2.36. The predicted octanol–water partition coefficient (Wildman–Crippen LogP) is 5.89. The summed E-state index contributed by atoms with van der Waals surface area (Å²) in [4.78, 5) is 29.7. The zero-order valence-electron chi connectivity index (χ0n) is 20.0. The number of hydrogen-bond acceptors (Lipinski definition) is 5. The normalized spacial score (nSPS) is 14.5. The number of carbonyl (C=O) groups is 2. The third kappa shape index (κ3) is 6.35. The molecule has 1 aromatic heterocycles. The second kappa shape index (κ2) is 11.6. The molecule has 1 aliphatic heterocycles. The third-order valence-electron chi connectivity index (χ3n) is 6.30. The fourth-order valence-corrected chi connectivity index (χ4v) is 5.01. The standard InChI is InChI=1S/C27H30ClN3O3S/c1-3-19(2)20-6-9-22(10-7-20)34-18-26(32)29-21-8-11-24(23(28)17-21)30-12-14-31(15-13-30)27(33)25-5-4-16-35-25/h4-11,16-17,19H,3,12-15,18H2,1-2H3,(H,29,32). The van der Waals surface area contributed by atoms with E-state index in [0.29, 0.717) is 48.6 Å². The third-order valence-corrected chi connectivity index (χ3v) is 7.46. The van der Waals surface area contributed by atoms with Gasteiger partial charge in [-0.15, -0.1) is 11.3 Å². The number of piperazine rings is 1. The summed E-state index contributed by atoms with van der Waals surface area (Å²) in [6.45, 7) is 6.95. The topological polar surface area (TPSA) is 61.9 Å². The second-order valence-electron chi connectivity index (χ2n) is 8.64. The van der Waals surface area contributed by atoms with E-state index in [1.165, 1.54) is 16.9 Å². The van der Waals surface area contributed by atoms with Crippen LogP contribution in [-0.4, -0.2) is 49.5 Å². The number of nitrogens with zero attached hydrogens (tertiary/aromatic N) is 2. The van der Waals surface area contributed by atoms with Gasteiger partial charge in [0, 0.05) is 31.9 Å². The maximum atomic E-state index is 12.6. The maximum absolute atomic E-state index is 12.6. The molecule has 3 aromatic rings. The van der Waals surface area contributed by atoms with Crippen LogP contribution in [0.3, 0.4) is 0 Å². The molecule has 1 unspecified atom stereocenters. The average molecular weight is 512 g/mol. The summed E-state index contributed by atoms with van der Waals surface area (Å²) in [6, 6.07) is 17.1. The Morgan fingerprint density at radius 3 is 2.46 bits per heavy atom. The van der Waals surface area contributed by atoms with Crippen molar-refractivity contribution in [3.63, 3.8) is 0 Å². The summed E-state index contributed by atoms with van der Waals surface area (Å²) in [5, 5.41) is 5.32. The van der Waals surface area contributed by atoms with Crippen molar-refractivity contribution in [3.05, 3.63) is 75.4 Å². The first kappa shape index (κ1) is 25.1. The maximum Gasteiger partial charge on any atom is 0.264 e. The van der Waals surface area contributed by atoms with Gasteiger partial charge in [-0.25, -0.2) is 0 Å². The summed E-state index contributed by atoms with van der Waals surface area (Å²) >= 11 is 8.01. The molecule has 1 fully saturated rings. The van der Waals surface area contributed by atoms with Crippen molar-refractivity contribution >= 4 is 46.1 Å². The van der Waals surface area contributed by atoms with Crippen molar-refractivity contribution in [2.75, 3.05) is 43.0 Å². The van der Waals surface area contributed by atoms with Crippen LogP contribution in [0.2, 0.25) is 5.02 Å². The zero-order valence-corrected chi connectivity index (χ0v) is 21.6. The van der Waals surface area contributed by atoms with Crippen LogP contribution in [0.15, 0.2) is 60.0 Å². The molecule has 0 saturated carbocycles. The van der Waals surface area contributed by atoms with Crippen LogP contribution in [0.25, 0.3) is 0 Å². The molecule has 184 valence electrons. The number of amides is 2. The molecular formula is C27H30ClN3O3S. The van der Waals surface area contributed by atoms with E-state index in [1.54, 1.807) is 6.07 Å². The Hall–Kier alpha value is -3.03. The number of carbonyl (C=O) groups excluding carboxylic acids is 2. The molecule has 1 aliphatic rings. The Morgan fingerprint density at radius 1 is 1.09 bits per heavy atom. The Morgan fingerprint density at radius 2 is 1.83 bits per heavy atom. The first-order valence-corrected chi connectivity index (χ1v) is 13.1. The van der Waals surface area contributed by atoms with Gasteiger partial charge in [0.15, 0.2) is 6.61 Å². The van der Waals surface area contributed by atoms with Gasteiger partial charge in [-0.1, -0.05) is 43.6 Å². The summed E-state index contributed by atoms with van der Waals surface area (Å²) in [5.74, 6) is 0.993. The quantitative estimate of drug-likeness (QED) is 0.409. The molecule has 8 heteroatoms. The molecule has 0 aliphatic carbocycles. The summed E-state index contributed by atoms with van der Waals surface area (Å²) in [7, 11) is 0. The summed E-state index contributed by atoms with van der Waals surface area (Å²) in [5.41, 5.74) is 2.77. The number of rotatable bonds is 8. The second-order valence-corrected chi connectivity index (χ2v) is 9.99. The van der Waals surface area contributed by atoms with E-state index >= 15 is 0 Å². The van der Waals surface area contributed by atoms with Crippen molar-refractivity contribution < 1.29 is 14.3 Å². The molecule has 2 aromatic carbocycles. The van der Waals surface area contributed by atoms with Gasteiger partial charge in [-0.2, -0.15) is 0 Å². The van der Waals surface area contributed by atoms with E-state index in [9.17, 15) is 9.59 Å². The van der Waals surface area contributed by atoms with Crippen LogP contribution < -0.4 is 15.0 Å². The van der Waals surface area contributed by atoms with Gasteiger partial charge >= 0.3 is 0 Å². The minimum absolute atomic E-state index is 0.0810. The van der Waals surface area contributed by atoms with Crippen LogP contribution in [0.1, 0.15) is 41.4 Å². The van der Waals surface area contributed by atoms with Crippen LogP contribution in [-0.2, 0) is 4.79 Å². The monoisotopic (exact) mass is 511 g/mol. The average Bonchev–Trinajstić information content (AvgIpc) is 3.42. The molecule has 0 bridgehead atoms. The molecule has 1 saturated heterocycles. The van der Waals surface area contributed by atoms with E-state index in [4.69, 9.17) is 16.3 Å². The summed E-state index contributed by atoms with van der Waals surface area (Å²) < 4.78 is 5.63. The predicted molar refractivity (Wildman–Crippen MR) is 143 cm³/mol. The molecule has 2 heterocycles. The van der Waals surface area contributed by atoms with Crippen LogP contribution >= 0.6 is 22.9 Å². The highest BCUT2D eigenvalue weighted by molar-refractivity contribution is 7.12. The number of hydrogen-bond donors (Lipinski definition) is 1. The highest BCUT2D eigenvalue weighted by Crippen LogP contribution is 2.30. The lowest BCUT2D eigenvalue weighted by Crippen LogP contribution is -2.48. The van der Waals surface area contributed by atoms with Gasteiger partial charge in [0.1, 0.15) is 5.75 Å². The van der Waals surface area contributed by atoms with Gasteiger partial charge in [0.25, 0.3) is 11.8 Å². The molecule has 1 N–H and O–H groups in total. The first-order chi connectivity index (χ1) is 16.9. The van der Waals surface area contributed by atoms with Crippen molar-refractivity contribution in [1.82, 2.24) is 4.90 Å². The van der Waals surface area contributed by atoms with E-state index in [0.717, 1.165) is 17.0 Å². The fraction of sp³-hybridized carbons (Fsp3) is 0.333. The number of anilines is 2. The molecule has 6 nitrogen and oxygen atoms in total. The number of benzene rings is 2. The lowest BCUT2D eigenvalue weighted by atomic mass is 9.99. The van der Waals surface area contributed by atoms with Gasteiger partial charge < -0.3 is 19.9 Å². The number of halogens is 1. The van der Waals surface area contributed by atoms with Crippen LogP contribution in [0.5, 0.6) is 5.75 Å². The Balaban J connectivity index is 1.27. The molecule has 1 atom stereocenters. The van der Waals surface area contributed by atoms with E-state index in [-0.39, 0.29) is 18.4 Å². The largest absolute Gasteiger partial charge is 0.484 e. The molecule has 2 amide bonds. The van der Waals surface area contributed by atoms with Gasteiger partial charge in [0.05, 0.1) is 15.6 Å². The molecular weight excluding hydrogens is 482 g/mol. The van der Waals surface area contributed by atoms with Crippen LogP contribution in [0, 0.1) is 0 Å². The van der Waals surface area contributed by atoms with Crippen LogP contribution in [0.4, 0.5) is 11.4 Å². The lowest BCUT2D eigenvalue weighted by molar-refractivity contribution is -0.118. The molecule has 0 radical (unpaired) electrons. The first-order valence-electron chi connectivity index (χ1n) is 11.8. The van der Waals surface area contributed by atoms with Crippen molar-refractivity contribution in [1.29, 1.82) is 0 Å². The Labute approximate surface area is 215 Å². The molecule has 35 heavy (non-hydrogen) atoms. The Bertz CT molecular complexity index is 1140.